The number of hydrogen-bond acceptors (Lipinski definition) is 7. The minimum absolute atomic E-state index is 0. The lowest BCUT2D eigenvalue weighted by Crippen LogP contribution is -2.48. The largest absolute Gasteiger partial charge is 0.399 e. The van der Waals surface area contributed by atoms with Gasteiger partial charge in [0.15, 0.2) is 0 Å². The fourth-order valence-electron chi connectivity index (χ4n) is 4.38. The Morgan fingerprint density at radius 3 is 2.81 bits per heavy atom. The minimum atomic E-state index is 0. The number of anilines is 4. The lowest BCUT2D eigenvalue weighted by molar-refractivity contribution is -0.119. The number of nitriles is 1. The van der Waals surface area contributed by atoms with Crippen LogP contribution in [0.3, 0.4) is 0 Å². The van der Waals surface area contributed by atoms with Crippen molar-refractivity contribution in [2.24, 2.45) is 0 Å². The van der Waals surface area contributed by atoms with Gasteiger partial charge in [-0.3, -0.25) is 4.79 Å². The van der Waals surface area contributed by atoms with Gasteiger partial charge in [-0.2, -0.15) is 10.2 Å². The summed E-state index contributed by atoms with van der Waals surface area (Å²) in [6.45, 7) is 3.23. The molecule has 9 heteroatoms. The maximum absolute atomic E-state index is 11.5. The summed E-state index contributed by atoms with van der Waals surface area (Å²) < 4.78 is 0. The Hall–Kier alpha value is -3.05. The van der Waals surface area contributed by atoms with Crippen LogP contribution in [0.5, 0.6) is 0 Å². The number of nitrogens with zero attached hydrogens (tertiary/aromatic N) is 4. The topological polar surface area (TPSA) is 120 Å². The molecule has 1 aromatic heterocycles. The molecule has 2 aliphatic rings. The Bertz CT molecular complexity index is 1000. The van der Waals surface area contributed by atoms with Gasteiger partial charge in [-0.25, -0.2) is 4.98 Å². The molecule has 164 valence electrons. The number of carbonyl (C=O) groups is 1. The zero-order valence-electron chi connectivity index (χ0n) is 17.6. The molecule has 0 bridgehead atoms. The number of nitrogen functional groups attached to an aromatic ring is 1. The van der Waals surface area contributed by atoms with Gasteiger partial charge in [-0.1, -0.05) is 0 Å². The molecule has 2 aromatic rings. The first-order valence-corrected chi connectivity index (χ1v) is 10.5. The second-order valence-corrected chi connectivity index (χ2v) is 8.07. The van der Waals surface area contributed by atoms with Gasteiger partial charge in [-0.05, 0) is 56.7 Å². The maximum Gasteiger partial charge on any atom is 0.229 e. The van der Waals surface area contributed by atoms with Gasteiger partial charge in [0, 0.05) is 43.0 Å². The molecule has 0 spiro atoms. The number of halogens is 1. The quantitative estimate of drug-likeness (QED) is 0.623. The monoisotopic (exact) mass is 441 g/mol. The van der Waals surface area contributed by atoms with Crippen LogP contribution in [-0.2, 0) is 17.6 Å². The van der Waals surface area contributed by atoms with E-state index in [1.54, 1.807) is 25.1 Å². The average molecular weight is 442 g/mol. The van der Waals surface area contributed by atoms with E-state index in [1.165, 1.54) is 5.56 Å². The SMILES string of the molecule is CC(=O)N[C@@H]1CCCN(c2nc(Nc3cc(N)cc(C#N)c3)nc3c2CCCC3)C1.Cl. The lowest BCUT2D eigenvalue weighted by Gasteiger charge is -2.36. The number of amides is 1. The van der Waals surface area contributed by atoms with Crippen molar-refractivity contribution in [2.45, 2.75) is 51.5 Å². The lowest BCUT2D eigenvalue weighted by atomic mass is 9.95. The summed E-state index contributed by atoms with van der Waals surface area (Å²) in [6.07, 6.45) is 6.15. The molecule has 0 saturated carbocycles. The van der Waals surface area contributed by atoms with Gasteiger partial charge in [0.05, 0.1) is 17.3 Å². The van der Waals surface area contributed by atoms with Crippen LogP contribution in [0.2, 0.25) is 0 Å². The molecule has 1 saturated heterocycles. The zero-order chi connectivity index (χ0) is 21.1. The molecule has 0 radical (unpaired) electrons. The summed E-state index contributed by atoms with van der Waals surface area (Å²) in [6, 6.07) is 7.41. The molecule has 1 aliphatic heterocycles. The third-order valence-electron chi connectivity index (χ3n) is 5.63. The number of aryl methyl sites for hydroxylation is 1. The molecule has 1 aliphatic carbocycles. The van der Waals surface area contributed by atoms with Crippen LogP contribution >= 0.6 is 12.4 Å². The van der Waals surface area contributed by atoms with Crippen LogP contribution < -0.4 is 21.3 Å². The fourth-order valence-corrected chi connectivity index (χ4v) is 4.38. The third kappa shape index (κ3) is 5.36. The molecule has 2 heterocycles. The Kier molecular flexibility index (Phi) is 7.18. The van der Waals surface area contributed by atoms with Crippen LogP contribution in [0.25, 0.3) is 0 Å². The summed E-state index contributed by atoms with van der Waals surface area (Å²) in [5, 5.41) is 15.5. The molecule has 4 N–H and O–H groups in total. The normalized spacial score (nSPS) is 17.7. The number of piperidine rings is 1. The van der Waals surface area contributed by atoms with Crippen LogP contribution in [-0.4, -0.2) is 35.0 Å². The molecule has 1 aromatic carbocycles. The van der Waals surface area contributed by atoms with Crippen molar-refractivity contribution < 1.29 is 4.79 Å². The molecule has 31 heavy (non-hydrogen) atoms. The molecule has 1 atom stereocenters. The van der Waals surface area contributed by atoms with Crippen molar-refractivity contribution in [3.8, 4) is 6.07 Å². The van der Waals surface area contributed by atoms with E-state index in [0.717, 1.165) is 63.1 Å². The van der Waals surface area contributed by atoms with E-state index in [0.29, 0.717) is 22.9 Å². The molecule has 4 rings (SSSR count). The number of rotatable bonds is 4. The molecular formula is C22H28ClN7O. The Labute approximate surface area is 188 Å². The smallest absolute Gasteiger partial charge is 0.229 e. The van der Waals surface area contributed by atoms with E-state index >= 15 is 0 Å². The predicted molar refractivity (Wildman–Crippen MR) is 124 cm³/mol. The Morgan fingerprint density at radius 1 is 1.23 bits per heavy atom. The van der Waals surface area contributed by atoms with Crippen LogP contribution in [0.1, 0.15) is 49.4 Å². The third-order valence-corrected chi connectivity index (χ3v) is 5.63. The summed E-state index contributed by atoms with van der Waals surface area (Å²) in [5.41, 5.74) is 9.94. The second-order valence-electron chi connectivity index (χ2n) is 8.07. The number of aromatic nitrogens is 2. The number of nitrogens with one attached hydrogen (secondary N) is 2. The number of hydrogen-bond donors (Lipinski definition) is 3. The molecule has 1 amide bonds. The van der Waals surface area contributed by atoms with Crippen molar-refractivity contribution in [1.29, 1.82) is 5.26 Å². The molecule has 0 unspecified atom stereocenters. The van der Waals surface area contributed by atoms with Crippen LogP contribution in [0.15, 0.2) is 18.2 Å². The number of fused-ring (bicyclic) bond motifs is 1. The average Bonchev–Trinajstić information content (AvgIpc) is 2.72. The van der Waals surface area contributed by atoms with E-state index in [9.17, 15) is 10.1 Å². The molecule has 8 nitrogen and oxygen atoms in total. The van der Waals surface area contributed by atoms with E-state index < -0.39 is 0 Å². The van der Waals surface area contributed by atoms with E-state index in [1.807, 2.05) is 0 Å². The Morgan fingerprint density at radius 2 is 2.03 bits per heavy atom. The zero-order valence-corrected chi connectivity index (χ0v) is 18.5. The van der Waals surface area contributed by atoms with Crippen molar-refractivity contribution >= 4 is 41.5 Å². The number of benzene rings is 1. The minimum Gasteiger partial charge on any atom is -0.399 e. The molecular weight excluding hydrogens is 414 g/mol. The maximum atomic E-state index is 11.5. The van der Waals surface area contributed by atoms with Crippen LogP contribution in [0.4, 0.5) is 23.1 Å². The van der Waals surface area contributed by atoms with E-state index in [-0.39, 0.29) is 24.4 Å². The van der Waals surface area contributed by atoms with Crippen molar-refractivity contribution in [3.05, 3.63) is 35.0 Å². The van der Waals surface area contributed by atoms with E-state index in [2.05, 4.69) is 21.6 Å². The number of nitrogens with two attached hydrogens (primary N) is 1. The van der Waals surface area contributed by atoms with Crippen molar-refractivity contribution in [1.82, 2.24) is 15.3 Å². The van der Waals surface area contributed by atoms with Crippen LogP contribution in [0, 0.1) is 11.3 Å². The summed E-state index contributed by atoms with van der Waals surface area (Å²) in [7, 11) is 0. The van der Waals surface area contributed by atoms with Gasteiger partial charge in [0.1, 0.15) is 5.82 Å². The highest BCUT2D eigenvalue weighted by molar-refractivity contribution is 5.85. The van der Waals surface area contributed by atoms with Gasteiger partial charge >= 0.3 is 0 Å². The second kappa shape index (κ2) is 9.84. The van der Waals surface area contributed by atoms with Crippen molar-refractivity contribution in [3.63, 3.8) is 0 Å². The first-order valence-electron chi connectivity index (χ1n) is 10.5. The predicted octanol–water partition coefficient (Wildman–Crippen LogP) is 3.08. The van der Waals surface area contributed by atoms with Gasteiger partial charge in [-0.15, -0.1) is 12.4 Å². The van der Waals surface area contributed by atoms with E-state index in [4.69, 9.17) is 15.7 Å². The molecule has 1 fully saturated rings. The first-order chi connectivity index (χ1) is 14.5. The Balaban J connectivity index is 0.00000272. The summed E-state index contributed by atoms with van der Waals surface area (Å²) in [4.78, 5) is 23.5. The fraction of sp³-hybridized carbons (Fsp3) is 0.455. The van der Waals surface area contributed by atoms with Gasteiger partial charge in [0.25, 0.3) is 0 Å². The first kappa shape index (κ1) is 22.6. The van der Waals surface area contributed by atoms with Gasteiger partial charge in [0.2, 0.25) is 11.9 Å². The summed E-state index contributed by atoms with van der Waals surface area (Å²) in [5.74, 6) is 1.48. The highest BCUT2D eigenvalue weighted by Gasteiger charge is 2.26. The standard InChI is InChI=1S/C22H27N7O.ClH/c1-14(30)25-17-5-4-8-29(13-17)21-19-6-2-3-7-20(19)27-22(28-21)26-18-10-15(12-23)9-16(24)11-18;/h9-11,17H,2-8,13,24H2,1H3,(H,25,30)(H,26,27,28);1H/t17-;/m1./s1. The van der Waals surface area contributed by atoms with Crippen molar-refractivity contribution in [2.75, 3.05) is 29.0 Å². The highest BCUT2D eigenvalue weighted by atomic mass is 35.5. The number of carbonyl (C=O) groups excluding carboxylic acids is 1. The summed E-state index contributed by atoms with van der Waals surface area (Å²) >= 11 is 0. The highest BCUT2D eigenvalue weighted by Crippen LogP contribution is 2.32. The van der Waals surface area contributed by atoms with Gasteiger partial charge < -0.3 is 21.3 Å².